The monoisotopic (exact) mass is 522 g/mol. The third-order valence-corrected chi connectivity index (χ3v) is 8.45. The summed E-state index contributed by atoms with van der Waals surface area (Å²) in [5.74, 6) is -4.08. The summed E-state index contributed by atoms with van der Waals surface area (Å²) in [4.78, 5) is 30.7. The Morgan fingerprint density at radius 1 is 1.22 bits per heavy atom. The first-order valence-corrected chi connectivity index (χ1v) is 13.1. The second-order valence-corrected chi connectivity index (χ2v) is 12.0. The fraction of sp³-hybridized carbons (Fsp3) is 0.654. The Morgan fingerprint density at radius 3 is 2.67 bits per heavy atom. The molecule has 2 fully saturated rings. The van der Waals surface area contributed by atoms with Gasteiger partial charge in [-0.2, -0.15) is 0 Å². The molecule has 3 heterocycles. The molecule has 0 unspecified atom stereocenters. The summed E-state index contributed by atoms with van der Waals surface area (Å²) in [6.07, 6.45) is -3.27. The van der Waals surface area contributed by atoms with E-state index < -0.39 is 53.4 Å². The van der Waals surface area contributed by atoms with Gasteiger partial charge in [-0.3, -0.25) is 9.59 Å². The number of ether oxygens (including phenoxy) is 2. The lowest BCUT2D eigenvalue weighted by Crippen LogP contribution is -2.47. The van der Waals surface area contributed by atoms with Crippen LogP contribution in [-0.2, 0) is 19.1 Å². The van der Waals surface area contributed by atoms with E-state index in [1.807, 2.05) is 25.1 Å². The van der Waals surface area contributed by atoms with Crippen LogP contribution in [0.25, 0.3) is 10.2 Å². The van der Waals surface area contributed by atoms with Gasteiger partial charge in [0.05, 0.1) is 51.9 Å². The molecule has 1 amide bonds. The Balaban J connectivity index is 1.61. The molecular weight excluding hydrogens is 487 g/mol. The Labute approximate surface area is 214 Å². The van der Waals surface area contributed by atoms with Crippen LogP contribution in [0.2, 0.25) is 0 Å². The number of halogens is 1. The van der Waals surface area contributed by atoms with E-state index in [9.17, 15) is 19.8 Å². The van der Waals surface area contributed by atoms with Gasteiger partial charge in [-0.25, -0.2) is 9.37 Å². The minimum Gasteiger partial charge on any atom is -0.392 e. The Morgan fingerprint density at radius 2 is 1.94 bits per heavy atom. The molecule has 0 aliphatic carbocycles. The number of nitrogens with one attached hydrogen (secondary N) is 1. The molecule has 1 aromatic heterocycles. The molecule has 198 valence electrons. The number of hydrogen-bond acceptors (Lipinski definition) is 8. The number of aliphatic hydroxyl groups is 2. The van der Waals surface area contributed by atoms with Gasteiger partial charge in [-0.1, -0.05) is 33.8 Å². The summed E-state index contributed by atoms with van der Waals surface area (Å²) >= 11 is 1.56. The number of epoxide rings is 1. The van der Waals surface area contributed by atoms with Crippen molar-refractivity contribution >= 4 is 33.2 Å². The van der Waals surface area contributed by atoms with E-state index in [2.05, 4.69) is 10.3 Å². The van der Waals surface area contributed by atoms with Crippen molar-refractivity contribution in [2.75, 3.05) is 13.2 Å². The van der Waals surface area contributed by atoms with Crippen LogP contribution in [0.3, 0.4) is 0 Å². The molecule has 3 N–H and O–H groups in total. The first kappa shape index (κ1) is 27.1. The number of aryl methyl sites for hydroxylation is 1. The minimum absolute atomic E-state index is 0.0452. The van der Waals surface area contributed by atoms with Crippen molar-refractivity contribution in [2.45, 2.75) is 77.7 Å². The number of alkyl halides is 1. The number of ketones is 1. The average Bonchev–Trinajstić information content (AvgIpc) is 3.28. The summed E-state index contributed by atoms with van der Waals surface area (Å²) in [5.41, 5.74) is 0.266. The maximum absolute atomic E-state index is 15.2. The van der Waals surface area contributed by atoms with Gasteiger partial charge in [0.1, 0.15) is 18.5 Å². The van der Waals surface area contributed by atoms with Crippen molar-refractivity contribution in [1.82, 2.24) is 10.3 Å². The van der Waals surface area contributed by atoms with Crippen LogP contribution in [0.5, 0.6) is 0 Å². The molecule has 0 saturated carbocycles. The van der Waals surface area contributed by atoms with Crippen molar-refractivity contribution in [3.05, 3.63) is 28.8 Å². The summed E-state index contributed by atoms with van der Waals surface area (Å²) in [7, 11) is 0. The van der Waals surface area contributed by atoms with E-state index in [4.69, 9.17) is 9.47 Å². The molecule has 2 saturated heterocycles. The summed E-state index contributed by atoms with van der Waals surface area (Å²) in [5, 5.41) is 25.4. The lowest BCUT2D eigenvalue weighted by atomic mass is 9.73. The lowest BCUT2D eigenvalue weighted by molar-refractivity contribution is -0.144. The normalized spacial score (nSPS) is 36.3. The van der Waals surface area contributed by atoms with Gasteiger partial charge in [-0.05, 0) is 24.6 Å². The highest BCUT2D eigenvalue weighted by Gasteiger charge is 2.59. The number of Topliss-reactive ketones (excluding diaryl/α,β-unsaturated/α-hetero) is 1. The zero-order chi connectivity index (χ0) is 26.4. The largest absolute Gasteiger partial charge is 0.392 e. The molecule has 4 rings (SSSR count). The number of aromatic nitrogens is 1. The quantitative estimate of drug-likeness (QED) is 0.492. The van der Waals surface area contributed by atoms with E-state index in [0.29, 0.717) is 0 Å². The van der Waals surface area contributed by atoms with Gasteiger partial charge in [0.25, 0.3) is 5.85 Å². The van der Waals surface area contributed by atoms with Gasteiger partial charge in [0.15, 0.2) is 0 Å². The Kier molecular flexibility index (Phi) is 7.56. The van der Waals surface area contributed by atoms with E-state index in [0.717, 1.165) is 20.8 Å². The molecule has 36 heavy (non-hydrogen) atoms. The molecule has 7 atom stereocenters. The lowest BCUT2D eigenvalue weighted by Gasteiger charge is -2.34. The fourth-order valence-electron chi connectivity index (χ4n) is 4.89. The Bertz CT molecular complexity index is 1140. The molecule has 2 aromatic rings. The van der Waals surface area contributed by atoms with Crippen molar-refractivity contribution in [2.24, 2.45) is 17.3 Å². The number of hydrogen-bond donors (Lipinski definition) is 3. The number of rotatable bonds is 1. The molecule has 8 nitrogen and oxygen atoms in total. The number of aliphatic hydroxyl groups excluding tert-OH is 2. The first-order chi connectivity index (χ1) is 16.8. The number of carbonyl (C=O) groups excluding carboxylic acids is 2. The van der Waals surface area contributed by atoms with E-state index >= 15 is 4.39 Å². The van der Waals surface area contributed by atoms with Gasteiger partial charge in [0, 0.05) is 18.3 Å². The summed E-state index contributed by atoms with van der Waals surface area (Å²) in [6.45, 7) is 8.11. The summed E-state index contributed by atoms with van der Waals surface area (Å²) < 4.78 is 27.1. The van der Waals surface area contributed by atoms with Crippen LogP contribution in [0.15, 0.2) is 18.2 Å². The average molecular weight is 523 g/mol. The third-order valence-electron chi connectivity index (χ3n) is 7.50. The standard InChI is InChI=1S/C26H35FN2O6S/c1-13-11-34-12-26(27)21(35-26)9-17(16-6-7-19-18(8-16)28-15(3)36-19)29-22(31)10-20(30)25(4,5)24(33)14(2)23(13)32/h6-8,13-14,17,20-21,23,30,32H,9-12H2,1-5H3,(H,29,31)/t13-,14+,17-,20-,21-,23-,26+/m0/s1. The van der Waals surface area contributed by atoms with Crippen molar-refractivity contribution in [3.63, 3.8) is 0 Å². The van der Waals surface area contributed by atoms with Crippen LogP contribution < -0.4 is 5.32 Å². The number of fused-ring (bicyclic) bond motifs is 2. The van der Waals surface area contributed by atoms with Gasteiger partial charge < -0.3 is 25.0 Å². The van der Waals surface area contributed by atoms with Crippen LogP contribution >= 0.6 is 11.3 Å². The van der Waals surface area contributed by atoms with Crippen LogP contribution in [-0.4, -0.2) is 64.3 Å². The SMILES string of the molecule is Cc1nc2cc([C@@H]3C[C@@H]4O[C@]4(F)COC[C@H](C)[C@H](O)[C@@H](C)C(=O)C(C)(C)[C@@H](O)CC(=O)N3)ccc2s1. The molecule has 2 aliphatic rings. The first-order valence-electron chi connectivity index (χ1n) is 12.3. The molecule has 0 radical (unpaired) electrons. The Hall–Kier alpha value is -1.98. The number of amides is 1. The second-order valence-electron chi connectivity index (χ2n) is 10.8. The molecular formula is C26H35FN2O6S. The van der Waals surface area contributed by atoms with Crippen molar-refractivity contribution in [3.8, 4) is 0 Å². The molecule has 0 bridgehead atoms. The smallest absolute Gasteiger partial charge is 0.259 e. The number of thiazole rings is 1. The molecule has 0 spiro atoms. The van der Waals surface area contributed by atoms with E-state index in [1.54, 1.807) is 39.0 Å². The highest BCUT2D eigenvalue weighted by atomic mass is 32.1. The summed E-state index contributed by atoms with van der Waals surface area (Å²) in [6, 6.07) is 5.07. The molecule has 10 heteroatoms. The second kappa shape index (κ2) is 10.1. The zero-order valence-electron chi connectivity index (χ0n) is 21.3. The highest BCUT2D eigenvalue weighted by molar-refractivity contribution is 7.18. The maximum Gasteiger partial charge on any atom is 0.259 e. The van der Waals surface area contributed by atoms with Gasteiger partial charge in [0.2, 0.25) is 5.91 Å². The number of benzene rings is 1. The van der Waals surface area contributed by atoms with E-state index in [-0.39, 0.29) is 31.8 Å². The maximum atomic E-state index is 15.2. The predicted octanol–water partition coefficient (Wildman–Crippen LogP) is 3.23. The van der Waals surface area contributed by atoms with Gasteiger partial charge in [-0.15, -0.1) is 11.3 Å². The highest BCUT2D eigenvalue weighted by Crippen LogP contribution is 2.44. The third kappa shape index (κ3) is 5.47. The predicted molar refractivity (Wildman–Crippen MR) is 133 cm³/mol. The van der Waals surface area contributed by atoms with Crippen LogP contribution in [0.1, 0.15) is 57.1 Å². The molecule has 1 aromatic carbocycles. The van der Waals surface area contributed by atoms with Gasteiger partial charge >= 0.3 is 0 Å². The molecule has 2 aliphatic heterocycles. The minimum atomic E-state index is -1.99. The van der Waals surface area contributed by atoms with E-state index in [1.165, 1.54) is 0 Å². The number of carbonyl (C=O) groups is 2. The van der Waals surface area contributed by atoms with Crippen molar-refractivity contribution in [1.29, 1.82) is 0 Å². The van der Waals surface area contributed by atoms with Crippen LogP contribution in [0.4, 0.5) is 4.39 Å². The van der Waals surface area contributed by atoms with Crippen molar-refractivity contribution < 1.29 is 33.7 Å². The zero-order valence-corrected chi connectivity index (χ0v) is 22.1. The van der Waals surface area contributed by atoms with Crippen LogP contribution in [0, 0.1) is 24.2 Å². The topological polar surface area (TPSA) is 121 Å². The fourth-order valence-corrected chi connectivity index (χ4v) is 5.70. The number of nitrogens with zero attached hydrogens (tertiary/aromatic N) is 1.